The number of aryl methyl sites for hydroxylation is 1. The molecule has 1 aliphatic rings. The molecule has 0 saturated heterocycles. The Bertz CT molecular complexity index is 1230. The molecular weight excluding hydrogens is 441 g/mol. The molecule has 0 aliphatic heterocycles. The van der Waals surface area contributed by atoms with Crippen molar-refractivity contribution in [3.63, 3.8) is 0 Å². The Hall–Kier alpha value is -1.20. The van der Waals surface area contributed by atoms with Gasteiger partial charge < -0.3 is 0 Å². The van der Waals surface area contributed by atoms with Gasteiger partial charge in [-0.05, 0) is 79.6 Å². The van der Waals surface area contributed by atoms with Crippen molar-refractivity contribution in [3.05, 3.63) is 56.8 Å². The first-order valence-electron chi connectivity index (χ1n) is 10.7. The van der Waals surface area contributed by atoms with Gasteiger partial charge >= 0.3 is 0 Å². The van der Waals surface area contributed by atoms with Gasteiger partial charge in [-0.15, -0.1) is 45.3 Å². The van der Waals surface area contributed by atoms with Crippen LogP contribution in [0.15, 0.2) is 30.3 Å². The van der Waals surface area contributed by atoms with Crippen molar-refractivity contribution < 1.29 is 0 Å². The van der Waals surface area contributed by atoms with Crippen molar-refractivity contribution in [2.75, 3.05) is 0 Å². The summed E-state index contributed by atoms with van der Waals surface area (Å²) in [4.78, 5) is 11.7. The lowest BCUT2D eigenvalue weighted by molar-refractivity contribution is 0.406. The van der Waals surface area contributed by atoms with Crippen molar-refractivity contribution in [2.24, 2.45) is 0 Å². The van der Waals surface area contributed by atoms with E-state index in [-0.39, 0.29) is 0 Å². The molecular formula is C26H28S4. The molecule has 0 nitrogen and oxygen atoms in total. The van der Waals surface area contributed by atoms with Crippen molar-refractivity contribution in [1.82, 2.24) is 0 Å². The average molecular weight is 469 g/mol. The molecule has 4 heteroatoms. The molecule has 30 heavy (non-hydrogen) atoms. The molecule has 4 aromatic rings. The molecule has 0 amide bonds. The van der Waals surface area contributed by atoms with Crippen LogP contribution >= 0.6 is 45.3 Å². The Balaban J connectivity index is 1.45. The van der Waals surface area contributed by atoms with Crippen LogP contribution in [-0.2, 0) is 11.8 Å². The molecule has 1 aliphatic carbocycles. The minimum Gasteiger partial charge on any atom is -0.139 e. The fourth-order valence-electron chi connectivity index (χ4n) is 4.35. The molecule has 0 N–H and O–H groups in total. The van der Waals surface area contributed by atoms with Crippen molar-refractivity contribution in [2.45, 2.75) is 65.7 Å². The van der Waals surface area contributed by atoms with Crippen LogP contribution in [-0.4, -0.2) is 0 Å². The van der Waals surface area contributed by atoms with E-state index >= 15 is 0 Å². The minimum absolute atomic E-state index is 0.416. The van der Waals surface area contributed by atoms with E-state index in [1.54, 1.807) is 10.4 Å². The maximum absolute atomic E-state index is 2.43. The summed E-state index contributed by atoms with van der Waals surface area (Å²) in [6, 6.07) is 11.7. The Labute approximate surface area is 196 Å². The Kier molecular flexibility index (Phi) is 5.13. The molecule has 0 spiro atoms. The zero-order valence-electron chi connectivity index (χ0n) is 18.5. The number of hydrogen-bond acceptors (Lipinski definition) is 4. The second kappa shape index (κ2) is 7.44. The third kappa shape index (κ3) is 3.19. The van der Waals surface area contributed by atoms with Crippen LogP contribution in [0.2, 0.25) is 0 Å². The summed E-state index contributed by atoms with van der Waals surface area (Å²) < 4.78 is 0. The zero-order chi connectivity index (χ0) is 21.2. The maximum atomic E-state index is 2.43. The van der Waals surface area contributed by atoms with Crippen LogP contribution in [0, 0.1) is 13.8 Å². The Morgan fingerprint density at radius 3 is 2.03 bits per heavy atom. The molecule has 1 unspecified atom stereocenters. The van der Waals surface area contributed by atoms with Crippen LogP contribution in [0.1, 0.15) is 66.5 Å². The summed E-state index contributed by atoms with van der Waals surface area (Å²) in [6.45, 7) is 13.9. The Morgan fingerprint density at radius 1 is 0.867 bits per heavy atom. The van der Waals surface area contributed by atoms with E-state index in [9.17, 15) is 0 Å². The monoisotopic (exact) mass is 468 g/mol. The summed E-state index contributed by atoms with van der Waals surface area (Å²) in [5, 5.41) is 0. The fourth-order valence-corrected chi connectivity index (χ4v) is 9.51. The van der Waals surface area contributed by atoms with Gasteiger partial charge in [0.15, 0.2) is 0 Å². The summed E-state index contributed by atoms with van der Waals surface area (Å²) in [5.41, 5.74) is 4.98. The lowest BCUT2D eigenvalue weighted by atomic mass is 9.68. The molecule has 0 aromatic carbocycles. The van der Waals surface area contributed by atoms with Gasteiger partial charge in [-0.2, -0.15) is 0 Å². The topological polar surface area (TPSA) is 0 Å². The minimum atomic E-state index is 0.416. The van der Waals surface area contributed by atoms with E-state index in [0.717, 1.165) is 0 Å². The summed E-state index contributed by atoms with van der Waals surface area (Å²) in [7, 11) is 0. The highest BCUT2D eigenvalue weighted by atomic mass is 32.1. The van der Waals surface area contributed by atoms with Gasteiger partial charge in [0, 0.05) is 44.4 Å². The van der Waals surface area contributed by atoms with Crippen molar-refractivity contribution >= 4 is 45.3 Å². The van der Waals surface area contributed by atoms with Crippen LogP contribution in [0.3, 0.4) is 0 Å². The third-order valence-electron chi connectivity index (χ3n) is 6.58. The first kappa shape index (κ1) is 20.7. The lowest BCUT2D eigenvalue weighted by Crippen LogP contribution is -2.33. The summed E-state index contributed by atoms with van der Waals surface area (Å²) in [5.74, 6) is 0.600. The lowest BCUT2D eigenvalue weighted by Gasteiger charge is -2.38. The maximum Gasteiger partial charge on any atom is 0.0477 e. The molecule has 0 radical (unpaired) electrons. The molecule has 0 fully saturated rings. The van der Waals surface area contributed by atoms with Crippen LogP contribution in [0.25, 0.3) is 29.3 Å². The number of thiophene rings is 4. The summed E-state index contributed by atoms with van der Waals surface area (Å²) in [6.07, 6.45) is 2.50. The highest BCUT2D eigenvalue weighted by Gasteiger charge is 2.41. The Morgan fingerprint density at radius 2 is 1.47 bits per heavy atom. The van der Waals surface area contributed by atoms with Gasteiger partial charge in [0.2, 0.25) is 0 Å². The smallest absolute Gasteiger partial charge is 0.0477 e. The van der Waals surface area contributed by atoms with E-state index in [2.05, 4.69) is 71.9 Å². The van der Waals surface area contributed by atoms with Crippen molar-refractivity contribution in [1.29, 1.82) is 0 Å². The van der Waals surface area contributed by atoms with E-state index < -0.39 is 0 Å². The largest absolute Gasteiger partial charge is 0.139 e. The van der Waals surface area contributed by atoms with Gasteiger partial charge in [-0.25, -0.2) is 0 Å². The highest BCUT2D eigenvalue weighted by Crippen LogP contribution is 2.54. The number of rotatable bonds is 5. The standard InChI is InChI=1S/C26H28S4/c1-7-26(6)13-17-16(5)24(30-25(17)26)21-11-9-19(28-21)18-8-10-20(27-18)23-15(4)12-22(29-23)14(2)3/h8-12,14H,7,13H2,1-6H3. The highest BCUT2D eigenvalue weighted by molar-refractivity contribution is 7.28. The quantitative estimate of drug-likeness (QED) is 0.273. The van der Waals surface area contributed by atoms with Crippen LogP contribution in [0.4, 0.5) is 0 Å². The van der Waals surface area contributed by atoms with E-state index in [1.165, 1.54) is 58.1 Å². The third-order valence-corrected chi connectivity index (χ3v) is 12.5. The van der Waals surface area contributed by atoms with E-state index in [1.807, 2.05) is 45.3 Å². The number of fused-ring (bicyclic) bond motifs is 1. The molecule has 4 heterocycles. The van der Waals surface area contributed by atoms with E-state index in [0.29, 0.717) is 11.3 Å². The SMILES string of the molecule is CCC1(C)Cc2c1sc(-c1ccc(-c3ccc(-c4sc(C(C)C)cc4C)s3)s1)c2C. The fraction of sp³-hybridized carbons (Fsp3) is 0.385. The second-order valence-electron chi connectivity index (χ2n) is 9.10. The zero-order valence-corrected chi connectivity index (χ0v) is 21.8. The van der Waals surface area contributed by atoms with Gasteiger partial charge in [0.25, 0.3) is 0 Å². The van der Waals surface area contributed by atoms with Gasteiger partial charge in [-0.1, -0.05) is 27.7 Å². The first-order chi connectivity index (χ1) is 14.3. The predicted molar refractivity (Wildman–Crippen MR) is 139 cm³/mol. The second-order valence-corrected chi connectivity index (χ2v) is 13.4. The van der Waals surface area contributed by atoms with Crippen molar-refractivity contribution in [3.8, 4) is 29.3 Å². The van der Waals surface area contributed by atoms with Crippen LogP contribution < -0.4 is 0 Å². The van der Waals surface area contributed by atoms with Gasteiger partial charge in [0.1, 0.15) is 0 Å². The molecule has 5 rings (SSSR count). The van der Waals surface area contributed by atoms with Crippen LogP contribution in [0.5, 0.6) is 0 Å². The van der Waals surface area contributed by atoms with Gasteiger partial charge in [-0.3, -0.25) is 0 Å². The predicted octanol–water partition coefficient (Wildman–Crippen LogP) is 9.90. The molecule has 156 valence electrons. The van der Waals surface area contributed by atoms with E-state index in [4.69, 9.17) is 0 Å². The van der Waals surface area contributed by atoms with Gasteiger partial charge in [0.05, 0.1) is 0 Å². The average Bonchev–Trinajstić information content (AvgIpc) is 3.46. The first-order valence-corrected chi connectivity index (χ1v) is 14.0. The molecule has 4 aromatic heterocycles. The normalized spacial score (nSPS) is 18.1. The molecule has 0 saturated carbocycles. The molecule has 0 bridgehead atoms. The number of hydrogen-bond donors (Lipinski definition) is 0. The summed E-state index contributed by atoms with van der Waals surface area (Å²) >= 11 is 7.90. The molecule has 1 atom stereocenters.